The highest BCUT2D eigenvalue weighted by molar-refractivity contribution is 5.98. The average molecular weight is 527 g/mol. The summed E-state index contributed by atoms with van der Waals surface area (Å²) in [7, 11) is 8.09. The summed E-state index contributed by atoms with van der Waals surface area (Å²) in [5.41, 5.74) is 3.37. The molecule has 8 heteroatoms. The number of Topliss-reactive ketones (excluding diaryl/α,β-unsaturated/α-hetero) is 2. The Hall–Kier alpha value is -2.46. The van der Waals surface area contributed by atoms with Crippen LogP contribution in [0.25, 0.3) is 11.1 Å². The van der Waals surface area contributed by atoms with Crippen LogP contribution in [0.3, 0.4) is 0 Å². The molecule has 38 heavy (non-hydrogen) atoms. The van der Waals surface area contributed by atoms with Gasteiger partial charge in [0.05, 0.1) is 54.6 Å². The van der Waals surface area contributed by atoms with E-state index in [1.807, 2.05) is 76.7 Å². The minimum absolute atomic E-state index is 0.0862. The van der Waals surface area contributed by atoms with E-state index >= 15 is 0 Å². The predicted octanol–water partition coefficient (Wildman–Crippen LogP) is 3.40. The minimum atomic E-state index is -0.256. The molecule has 2 aliphatic rings. The summed E-state index contributed by atoms with van der Waals surface area (Å²) in [6.45, 7) is 4.82. The molecule has 0 aromatic heterocycles. The van der Waals surface area contributed by atoms with Crippen LogP contribution in [0.1, 0.15) is 33.6 Å². The molecule has 0 amide bonds. The van der Waals surface area contributed by atoms with Crippen molar-refractivity contribution in [2.75, 3.05) is 80.8 Å². The van der Waals surface area contributed by atoms with Crippen LogP contribution in [-0.2, 0) is 18.9 Å². The van der Waals surface area contributed by atoms with Crippen LogP contribution >= 0.6 is 0 Å². The molecule has 2 heterocycles. The molecule has 0 atom stereocenters. The van der Waals surface area contributed by atoms with Crippen LogP contribution in [-0.4, -0.2) is 114 Å². The first kappa shape index (κ1) is 28.5. The Balaban J connectivity index is 1.31. The van der Waals surface area contributed by atoms with Gasteiger partial charge in [-0.25, -0.2) is 0 Å². The van der Waals surface area contributed by atoms with Crippen LogP contribution in [0.5, 0.6) is 0 Å². The predicted molar refractivity (Wildman–Crippen MR) is 145 cm³/mol. The molecule has 2 aromatic rings. The van der Waals surface area contributed by atoms with E-state index in [9.17, 15) is 9.59 Å². The number of quaternary nitrogens is 2. The number of ketones is 2. The van der Waals surface area contributed by atoms with Crippen LogP contribution in [0.2, 0.25) is 0 Å². The van der Waals surface area contributed by atoms with Gasteiger partial charge in [0, 0.05) is 11.1 Å². The van der Waals surface area contributed by atoms with E-state index in [4.69, 9.17) is 18.9 Å². The van der Waals surface area contributed by atoms with Gasteiger partial charge in [-0.15, -0.1) is 0 Å². The van der Waals surface area contributed by atoms with Crippen molar-refractivity contribution >= 4 is 11.6 Å². The maximum absolute atomic E-state index is 13.0. The summed E-state index contributed by atoms with van der Waals surface area (Å²) in [5.74, 6) is 0.172. The SMILES string of the molecule is C[N+](C)(CC(=O)c1ccc(-c2ccc(C(=O)C[N+](C)(C)CC3OCCCO3)cc2)cc1)CC1OCCCO1. The number of carbonyl (C=O) groups is 2. The number of nitrogens with zero attached hydrogens (tertiary/aromatic N) is 2. The third-order valence-electron chi connectivity index (χ3n) is 6.97. The normalized spacial score (nSPS) is 17.9. The molecule has 2 fully saturated rings. The van der Waals surface area contributed by atoms with E-state index in [-0.39, 0.29) is 24.1 Å². The Morgan fingerprint density at radius 3 is 1.24 bits per heavy atom. The Morgan fingerprint density at radius 2 is 0.921 bits per heavy atom. The average Bonchev–Trinajstić information content (AvgIpc) is 2.89. The smallest absolute Gasteiger partial charge is 0.216 e. The van der Waals surface area contributed by atoms with Crippen molar-refractivity contribution in [3.8, 4) is 11.1 Å². The third kappa shape index (κ3) is 8.27. The Bertz CT molecular complexity index is 981. The molecule has 0 N–H and O–H groups in total. The fraction of sp³-hybridized carbons (Fsp3) is 0.533. The van der Waals surface area contributed by atoms with Crippen LogP contribution in [0, 0.1) is 0 Å². The third-order valence-corrected chi connectivity index (χ3v) is 6.97. The van der Waals surface area contributed by atoms with Gasteiger partial charge >= 0.3 is 0 Å². The highest BCUT2D eigenvalue weighted by Crippen LogP contribution is 2.22. The van der Waals surface area contributed by atoms with Gasteiger partial charge < -0.3 is 27.9 Å². The van der Waals surface area contributed by atoms with Crippen molar-refractivity contribution in [2.45, 2.75) is 25.4 Å². The standard InChI is InChI=1S/C30H42N2O6/c1-31(2,21-29-35-15-5-16-36-29)19-27(33)25-11-7-23(8-12-25)24-9-13-26(14-10-24)28(34)20-32(3,4)22-30-37-17-6-18-38-30/h7-14,29-30H,5-6,15-22H2,1-4H3/q+2. The zero-order valence-corrected chi connectivity index (χ0v) is 23.2. The summed E-state index contributed by atoms with van der Waals surface area (Å²) < 4.78 is 23.6. The topological polar surface area (TPSA) is 71.1 Å². The molecule has 8 nitrogen and oxygen atoms in total. The number of carbonyl (C=O) groups excluding carboxylic acids is 2. The highest BCUT2D eigenvalue weighted by Gasteiger charge is 2.29. The monoisotopic (exact) mass is 526 g/mol. The number of hydrogen-bond donors (Lipinski definition) is 0. The van der Waals surface area contributed by atoms with E-state index in [1.165, 1.54) is 0 Å². The van der Waals surface area contributed by atoms with Gasteiger partial charge in [-0.1, -0.05) is 48.5 Å². The van der Waals surface area contributed by atoms with Crippen molar-refractivity contribution in [3.63, 3.8) is 0 Å². The zero-order chi connectivity index (χ0) is 27.2. The quantitative estimate of drug-likeness (QED) is 0.330. The summed E-state index contributed by atoms with van der Waals surface area (Å²) in [4.78, 5) is 25.9. The molecular weight excluding hydrogens is 484 g/mol. The molecule has 4 rings (SSSR count). The lowest BCUT2D eigenvalue weighted by Gasteiger charge is -2.34. The van der Waals surface area contributed by atoms with E-state index in [0.29, 0.717) is 72.7 Å². The van der Waals surface area contributed by atoms with Gasteiger partial charge in [0.25, 0.3) is 0 Å². The Labute approximate surface area is 226 Å². The lowest BCUT2D eigenvalue weighted by Crippen LogP contribution is -2.50. The maximum atomic E-state index is 13.0. The molecule has 0 unspecified atom stereocenters. The Kier molecular flexibility index (Phi) is 9.46. The fourth-order valence-electron chi connectivity index (χ4n) is 4.88. The molecule has 2 aliphatic heterocycles. The second kappa shape index (κ2) is 12.6. The van der Waals surface area contributed by atoms with Crippen LogP contribution < -0.4 is 0 Å². The number of likely N-dealkylation sites (N-methyl/N-ethyl adjacent to an activating group) is 2. The van der Waals surface area contributed by atoms with Crippen molar-refractivity contribution in [1.29, 1.82) is 0 Å². The molecule has 0 aliphatic carbocycles. The molecule has 0 radical (unpaired) electrons. The summed E-state index contributed by atoms with van der Waals surface area (Å²) >= 11 is 0. The number of ether oxygens (including phenoxy) is 4. The molecular formula is C30H42N2O6+2. The van der Waals surface area contributed by atoms with Gasteiger partial charge in [-0.3, -0.25) is 9.59 Å². The number of rotatable bonds is 11. The first-order valence-electron chi connectivity index (χ1n) is 13.5. The molecule has 206 valence electrons. The Morgan fingerprint density at radius 1 is 0.605 bits per heavy atom. The van der Waals surface area contributed by atoms with Crippen LogP contribution in [0.15, 0.2) is 48.5 Å². The first-order valence-corrected chi connectivity index (χ1v) is 13.5. The largest absolute Gasteiger partial charge is 0.347 e. The second-order valence-electron chi connectivity index (χ2n) is 11.6. The molecule has 0 bridgehead atoms. The molecule has 2 saturated heterocycles. The molecule has 2 aromatic carbocycles. The van der Waals surface area contributed by atoms with E-state index in [1.54, 1.807) is 0 Å². The summed E-state index contributed by atoms with van der Waals surface area (Å²) in [6, 6.07) is 15.3. The van der Waals surface area contributed by atoms with Crippen LogP contribution in [0.4, 0.5) is 0 Å². The molecule has 0 saturated carbocycles. The van der Waals surface area contributed by atoms with Crippen molar-refractivity contribution in [3.05, 3.63) is 59.7 Å². The molecule has 0 spiro atoms. The van der Waals surface area contributed by atoms with Gasteiger partial charge in [0.15, 0.2) is 0 Å². The van der Waals surface area contributed by atoms with Crippen molar-refractivity contribution in [2.24, 2.45) is 0 Å². The van der Waals surface area contributed by atoms with Crippen molar-refractivity contribution < 1.29 is 37.5 Å². The van der Waals surface area contributed by atoms with Gasteiger partial charge in [0.1, 0.15) is 26.2 Å². The van der Waals surface area contributed by atoms with E-state index in [0.717, 1.165) is 24.0 Å². The maximum Gasteiger partial charge on any atom is 0.216 e. The second-order valence-corrected chi connectivity index (χ2v) is 11.6. The van der Waals surface area contributed by atoms with Crippen molar-refractivity contribution in [1.82, 2.24) is 0 Å². The summed E-state index contributed by atoms with van der Waals surface area (Å²) in [6.07, 6.45) is 1.32. The lowest BCUT2D eigenvalue weighted by atomic mass is 10.00. The number of hydrogen-bond acceptors (Lipinski definition) is 6. The lowest BCUT2D eigenvalue weighted by molar-refractivity contribution is -0.888. The van der Waals surface area contributed by atoms with E-state index in [2.05, 4.69) is 0 Å². The van der Waals surface area contributed by atoms with Gasteiger partial charge in [0.2, 0.25) is 24.1 Å². The minimum Gasteiger partial charge on any atom is -0.347 e. The summed E-state index contributed by atoms with van der Waals surface area (Å²) in [5, 5.41) is 0. The highest BCUT2D eigenvalue weighted by atomic mass is 16.7. The van der Waals surface area contributed by atoms with Gasteiger partial charge in [-0.2, -0.15) is 0 Å². The van der Waals surface area contributed by atoms with Gasteiger partial charge in [-0.05, 0) is 24.0 Å². The zero-order valence-electron chi connectivity index (χ0n) is 23.2. The van der Waals surface area contributed by atoms with E-state index < -0.39 is 0 Å². The first-order chi connectivity index (χ1) is 18.1. The fourth-order valence-corrected chi connectivity index (χ4v) is 4.88. The number of benzene rings is 2.